The Morgan fingerprint density at radius 2 is 1.90 bits per heavy atom. The summed E-state index contributed by atoms with van der Waals surface area (Å²) >= 11 is 0. The molecule has 8 nitrogen and oxygen atoms in total. The number of morpholine rings is 1. The lowest BCUT2D eigenvalue weighted by Gasteiger charge is -2.37. The molecule has 2 aliphatic heterocycles. The first-order valence-electron chi connectivity index (χ1n) is 7.14. The second-order valence-corrected chi connectivity index (χ2v) is 5.22. The molecule has 1 N–H and O–H groups in total. The van der Waals surface area contributed by atoms with Crippen molar-refractivity contribution in [2.24, 2.45) is 0 Å². The molecule has 0 radical (unpaired) electrons. The van der Waals surface area contributed by atoms with Crippen molar-refractivity contribution in [2.75, 3.05) is 45.9 Å². The fourth-order valence-electron chi connectivity index (χ4n) is 2.61. The van der Waals surface area contributed by atoms with Gasteiger partial charge in [-0.05, 0) is 6.92 Å². The zero-order valence-electron chi connectivity index (χ0n) is 12.2. The minimum atomic E-state index is -1.08. The Morgan fingerprint density at radius 1 is 1.24 bits per heavy atom. The van der Waals surface area contributed by atoms with Gasteiger partial charge in [0.2, 0.25) is 11.8 Å². The first kappa shape index (κ1) is 15.6. The summed E-state index contributed by atoms with van der Waals surface area (Å²) in [4.78, 5) is 39.5. The van der Waals surface area contributed by atoms with Crippen LogP contribution in [0.1, 0.15) is 13.3 Å². The molecule has 118 valence electrons. The number of carbonyl (C=O) groups is 3. The molecule has 0 saturated carbocycles. The summed E-state index contributed by atoms with van der Waals surface area (Å²) in [6.45, 7) is 4.84. The molecule has 0 spiro atoms. The van der Waals surface area contributed by atoms with Gasteiger partial charge in [0.05, 0.1) is 13.2 Å². The van der Waals surface area contributed by atoms with E-state index in [9.17, 15) is 14.4 Å². The molecule has 21 heavy (non-hydrogen) atoms. The summed E-state index contributed by atoms with van der Waals surface area (Å²) in [6, 6.07) is -0.685. The highest BCUT2D eigenvalue weighted by atomic mass is 16.5. The molecule has 2 saturated heterocycles. The molecule has 0 aromatic carbocycles. The largest absolute Gasteiger partial charge is 0.465 e. The molecule has 3 amide bonds. The highest BCUT2D eigenvalue weighted by Gasteiger charge is 2.34. The summed E-state index contributed by atoms with van der Waals surface area (Å²) in [5.74, 6) is -0.224. The van der Waals surface area contributed by atoms with Crippen LogP contribution in [0.4, 0.5) is 4.79 Å². The van der Waals surface area contributed by atoms with Gasteiger partial charge in [-0.2, -0.15) is 0 Å². The summed E-state index contributed by atoms with van der Waals surface area (Å²) in [6.07, 6.45) is -0.814. The molecule has 2 rings (SSSR count). The fourth-order valence-corrected chi connectivity index (χ4v) is 2.61. The highest BCUT2D eigenvalue weighted by molar-refractivity contribution is 5.86. The molecule has 0 bridgehead atoms. The predicted molar refractivity (Wildman–Crippen MR) is 72.8 cm³/mol. The SMILES string of the molecule is CC1C(=O)N(CCC(=O)N2CCOCC2)CCN1C(=O)O. The normalized spacial score (nSPS) is 23.4. The number of rotatable bonds is 3. The Hall–Kier alpha value is -1.83. The van der Waals surface area contributed by atoms with Gasteiger partial charge in [0, 0.05) is 39.1 Å². The van der Waals surface area contributed by atoms with E-state index in [1.54, 1.807) is 16.7 Å². The minimum absolute atomic E-state index is 0.0133. The quantitative estimate of drug-likeness (QED) is 0.755. The summed E-state index contributed by atoms with van der Waals surface area (Å²) in [5, 5.41) is 8.98. The van der Waals surface area contributed by atoms with Crippen LogP contribution in [0, 0.1) is 0 Å². The Bertz CT molecular complexity index is 422. The molecular formula is C13H21N3O5. The van der Waals surface area contributed by atoms with Crippen LogP contribution in [0.25, 0.3) is 0 Å². The van der Waals surface area contributed by atoms with Crippen molar-refractivity contribution < 1.29 is 24.2 Å². The third kappa shape index (κ3) is 3.63. The smallest absolute Gasteiger partial charge is 0.408 e. The maximum absolute atomic E-state index is 12.1. The van der Waals surface area contributed by atoms with Crippen LogP contribution in [0.2, 0.25) is 0 Å². The average Bonchev–Trinajstić information content (AvgIpc) is 2.49. The Labute approximate surface area is 123 Å². The average molecular weight is 299 g/mol. The second kappa shape index (κ2) is 6.75. The molecule has 0 aliphatic carbocycles. The number of hydrogen-bond acceptors (Lipinski definition) is 4. The maximum atomic E-state index is 12.1. The zero-order valence-corrected chi connectivity index (χ0v) is 12.2. The van der Waals surface area contributed by atoms with Crippen LogP contribution in [0.3, 0.4) is 0 Å². The number of nitrogens with zero attached hydrogens (tertiary/aromatic N) is 3. The van der Waals surface area contributed by atoms with Gasteiger partial charge in [0.15, 0.2) is 0 Å². The zero-order chi connectivity index (χ0) is 15.4. The molecular weight excluding hydrogens is 278 g/mol. The third-order valence-corrected chi connectivity index (χ3v) is 3.95. The second-order valence-electron chi connectivity index (χ2n) is 5.22. The number of hydrogen-bond donors (Lipinski definition) is 1. The summed E-state index contributed by atoms with van der Waals surface area (Å²) in [5.41, 5.74) is 0. The summed E-state index contributed by atoms with van der Waals surface area (Å²) < 4.78 is 5.19. The molecule has 0 aromatic heterocycles. The molecule has 2 aliphatic rings. The standard InChI is InChI=1S/C13H21N3O5/c1-10-12(18)15(4-5-16(10)13(19)20)3-2-11(17)14-6-8-21-9-7-14/h10H,2-9H2,1H3,(H,19,20). The van der Waals surface area contributed by atoms with Crippen LogP contribution >= 0.6 is 0 Å². The van der Waals surface area contributed by atoms with E-state index >= 15 is 0 Å². The van der Waals surface area contributed by atoms with E-state index in [-0.39, 0.29) is 24.8 Å². The van der Waals surface area contributed by atoms with Crippen LogP contribution in [0.15, 0.2) is 0 Å². The van der Waals surface area contributed by atoms with Crippen molar-refractivity contribution in [3.63, 3.8) is 0 Å². The van der Waals surface area contributed by atoms with E-state index < -0.39 is 12.1 Å². The van der Waals surface area contributed by atoms with Crippen molar-refractivity contribution >= 4 is 17.9 Å². The molecule has 2 fully saturated rings. The number of piperazine rings is 1. The third-order valence-electron chi connectivity index (χ3n) is 3.95. The van der Waals surface area contributed by atoms with E-state index in [0.717, 1.165) is 4.90 Å². The highest BCUT2D eigenvalue weighted by Crippen LogP contribution is 2.12. The lowest BCUT2D eigenvalue weighted by Crippen LogP contribution is -2.57. The molecule has 1 atom stereocenters. The molecule has 8 heteroatoms. The van der Waals surface area contributed by atoms with Gasteiger partial charge in [-0.1, -0.05) is 0 Å². The Balaban J connectivity index is 1.82. The van der Waals surface area contributed by atoms with Crippen LogP contribution in [-0.4, -0.2) is 89.7 Å². The fraction of sp³-hybridized carbons (Fsp3) is 0.769. The lowest BCUT2D eigenvalue weighted by atomic mass is 10.1. The van der Waals surface area contributed by atoms with Gasteiger partial charge in [0.25, 0.3) is 0 Å². The molecule has 0 aromatic rings. The van der Waals surface area contributed by atoms with Crippen LogP contribution in [-0.2, 0) is 14.3 Å². The van der Waals surface area contributed by atoms with Crippen molar-refractivity contribution in [1.82, 2.24) is 14.7 Å². The van der Waals surface area contributed by atoms with E-state index in [1.807, 2.05) is 0 Å². The first-order chi connectivity index (χ1) is 10.0. The minimum Gasteiger partial charge on any atom is -0.465 e. The van der Waals surface area contributed by atoms with Gasteiger partial charge < -0.3 is 19.6 Å². The lowest BCUT2D eigenvalue weighted by molar-refractivity contribution is -0.141. The number of amides is 3. The van der Waals surface area contributed by atoms with E-state index in [0.29, 0.717) is 39.4 Å². The Kier molecular flexibility index (Phi) is 5.00. The summed E-state index contributed by atoms with van der Waals surface area (Å²) in [7, 11) is 0. The number of carbonyl (C=O) groups excluding carboxylic acids is 2. The van der Waals surface area contributed by atoms with Gasteiger partial charge >= 0.3 is 6.09 Å². The van der Waals surface area contributed by atoms with Crippen molar-refractivity contribution in [3.05, 3.63) is 0 Å². The van der Waals surface area contributed by atoms with Gasteiger partial charge in [-0.25, -0.2) is 4.79 Å². The monoisotopic (exact) mass is 299 g/mol. The van der Waals surface area contributed by atoms with Crippen LogP contribution in [0.5, 0.6) is 0 Å². The van der Waals surface area contributed by atoms with Gasteiger partial charge in [-0.15, -0.1) is 0 Å². The molecule has 2 heterocycles. The number of carboxylic acid groups (broad SMARTS) is 1. The maximum Gasteiger partial charge on any atom is 0.408 e. The first-order valence-corrected chi connectivity index (χ1v) is 7.14. The van der Waals surface area contributed by atoms with Crippen LogP contribution < -0.4 is 0 Å². The van der Waals surface area contributed by atoms with E-state index in [1.165, 1.54) is 0 Å². The number of ether oxygens (including phenoxy) is 1. The van der Waals surface area contributed by atoms with Gasteiger partial charge in [0.1, 0.15) is 6.04 Å². The van der Waals surface area contributed by atoms with E-state index in [4.69, 9.17) is 9.84 Å². The Morgan fingerprint density at radius 3 is 2.52 bits per heavy atom. The topological polar surface area (TPSA) is 90.4 Å². The van der Waals surface area contributed by atoms with Gasteiger partial charge in [-0.3, -0.25) is 14.5 Å². The van der Waals surface area contributed by atoms with Crippen molar-refractivity contribution in [2.45, 2.75) is 19.4 Å². The van der Waals surface area contributed by atoms with E-state index in [2.05, 4.69) is 0 Å². The van der Waals surface area contributed by atoms with Crippen molar-refractivity contribution in [1.29, 1.82) is 0 Å². The van der Waals surface area contributed by atoms with Crippen molar-refractivity contribution in [3.8, 4) is 0 Å². The predicted octanol–water partition coefficient (Wildman–Crippen LogP) is -0.554. The molecule has 1 unspecified atom stereocenters.